The number of rotatable bonds is 7. The van der Waals surface area contributed by atoms with Crippen LogP contribution in [0.25, 0.3) is 0 Å². The molecule has 0 aliphatic carbocycles. The van der Waals surface area contributed by atoms with Crippen molar-refractivity contribution in [2.24, 2.45) is 5.41 Å². The number of carbonyl (C=O) groups excluding carboxylic acids is 3. The van der Waals surface area contributed by atoms with Gasteiger partial charge < -0.3 is 9.47 Å². The molecule has 0 N–H and O–H groups in total. The summed E-state index contributed by atoms with van der Waals surface area (Å²) in [6.07, 6.45) is 1.21. The van der Waals surface area contributed by atoms with Gasteiger partial charge in [-0.3, -0.25) is 14.4 Å². The average Bonchev–Trinajstić information content (AvgIpc) is 2.32. The van der Waals surface area contributed by atoms with Crippen LogP contribution in [-0.2, 0) is 23.9 Å². The van der Waals surface area contributed by atoms with Crippen LogP contribution < -0.4 is 0 Å². The Kier molecular flexibility index (Phi) is 6.46. The van der Waals surface area contributed by atoms with Crippen LogP contribution in [0.5, 0.6) is 0 Å². The van der Waals surface area contributed by atoms with E-state index in [4.69, 9.17) is 0 Å². The summed E-state index contributed by atoms with van der Waals surface area (Å²) in [6, 6.07) is 0. The highest BCUT2D eigenvalue weighted by molar-refractivity contribution is 6.02. The molecule has 0 aromatic heterocycles. The number of hydrogen-bond donors (Lipinski definition) is 0. The summed E-state index contributed by atoms with van der Waals surface area (Å²) < 4.78 is 9.20. The Labute approximate surface area is 101 Å². The van der Waals surface area contributed by atoms with Gasteiger partial charge in [-0.15, -0.1) is 0 Å². The number of carbonyl (C=O) groups is 3. The predicted molar refractivity (Wildman–Crippen MR) is 61.3 cm³/mol. The van der Waals surface area contributed by atoms with Crippen molar-refractivity contribution in [3.8, 4) is 0 Å². The zero-order valence-corrected chi connectivity index (χ0v) is 10.9. The maximum absolute atomic E-state index is 11.8. The minimum absolute atomic E-state index is 0.0329. The third-order valence-electron chi connectivity index (χ3n) is 2.91. The third kappa shape index (κ3) is 3.84. The number of ether oxygens (including phenoxy) is 2. The molecule has 0 fully saturated rings. The minimum atomic E-state index is -1.21. The summed E-state index contributed by atoms with van der Waals surface area (Å²) in [5.74, 6) is -1.28. The predicted octanol–water partition coefficient (Wildman–Crippen LogP) is 1.49. The minimum Gasteiger partial charge on any atom is -0.469 e. The molecule has 0 aromatic rings. The first-order valence-electron chi connectivity index (χ1n) is 5.60. The average molecular weight is 244 g/mol. The van der Waals surface area contributed by atoms with Crippen LogP contribution in [-0.4, -0.2) is 31.9 Å². The van der Waals surface area contributed by atoms with Crippen molar-refractivity contribution >= 4 is 17.7 Å². The number of Topliss-reactive ketones (excluding diaryl/α,β-unsaturated/α-hetero) is 1. The molecule has 0 aliphatic rings. The van der Waals surface area contributed by atoms with E-state index in [2.05, 4.69) is 9.47 Å². The fourth-order valence-electron chi connectivity index (χ4n) is 1.86. The van der Waals surface area contributed by atoms with Gasteiger partial charge in [0.15, 0.2) is 0 Å². The molecular formula is C12H20O5. The molecule has 98 valence electrons. The Morgan fingerprint density at radius 2 is 1.65 bits per heavy atom. The summed E-state index contributed by atoms with van der Waals surface area (Å²) in [6.45, 7) is 3.22. The van der Waals surface area contributed by atoms with E-state index in [1.807, 2.05) is 6.92 Å². The molecule has 5 heteroatoms. The molecule has 0 spiro atoms. The Balaban J connectivity index is 4.97. The van der Waals surface area contributed by atoms with Crippen LogP contribution in [0.3, 0.4) is 0 Å². The summed E-state index contributed by atoms with van der Waals surface area (Å²) >= 11 is 0. The second kappa shape index (κ2) is 7.04. The topological polar surface area (TPSA) is 69.7 Å². The molecule has 5 nitrogen and oxygen atoms in total. The van der Waals surface area contributed by atoms with E-state index >= 15 is 0 Å². The van der Waals surface area contributed by atoms with E-state index in [1.54, 1.807) is 0 Å². The molecule has 0 aliphatic heterocycles. The van der Waals surface area contributed by atoms with Crippen LogP contribution in [0.1, 0.15) is 39.5 Å². The first kappa shape index (κ1) is 15.6. The van der Waals surface area contributed by atoms with Gasteiger partial charge in [0, 0.05) is 6.42 Å². The molecule has 0 saturated carbocycles. The molecule has 0 aromatic carbocycles. The fourth-order valence-corrected chi connectivity index (χ4v) is 1.86. The van der Waals surface area contributed by atoms with Crippen molar-refractivity contribution in [2.45, 2.75) is 39.5 Å². The fraction of sp³-hybridized carbons (Fsp3) is 0.750. The second-order valence-electron chi connectivity index (χ2n) is 3.96. The Bertz CT molecular complexity index is 297. The second-order valence-corrected chi connectivity index (χ2v) is 3.96. The van der Waals surface area contributed by atoms with Gasteiger partial charge >= 0.3 is 11.9 Å². The number of esters is 2. The lowest BCUT2D eigenvalue weighted by molar-refractivity contribution is -0.159. The van der Waals surface area contributed by atoms with Crippen LogP contribution in [0, 0.1) is 5.41 Å². The summed E-state index contributed by atoms with van der Waals surface area (Å²) in [7, 11) is 2.52. The van der Waals surface area contributed by atoms with Gasteiger partial charge in [0.25, 0.3) is 0 Å². The third-order valence-corrected chi connectivity index (χ3v) is 2.91. The van der Waals surface area contributed by atoms with Gasteiger partial charge in [0.05, 0.1) is 14.2 Å². The Morgan fingerprint density at radius 1 is 1.06 bits per heavy atom. The maximum Gasteiger partial charge on any atom is 0.319 e. The van der Waals surface area contributed by atoms with Gasteiger partial charge in [-0.05, 0) is 19.8 Å². The van der Waals surface area contributed by atoms with E-state index < -0.39 is 17.4 Å². The SMILES string of the molecule is CCCC(CCC(=O)OC)(C(C)=O)C(=O)OC. The van der Waals surface area contributed by atoms with Crippen LogP contribution in [0.4, 0.5) is 0 Å². The monoisotopic (exact) mass is 244 g/mol. The zero-order chi connectivity index (χ0) is 13.5. The smallest absolute Gasteiger partial charge is 0.319 e. The Morgan fingerprint density at radius 3 is 2.00 bits per heavy atom. The molecule has 0 heterocycles. The molecule has 0 radical (unpaired) electrons. The molecular weight excluding hydrogens is 224 g/mol. The van der Waals surface area contributed by atoms with Crippen molar-refractivity contribution in [3.63, 3.8) is 0 Å². The molecule has 0 bridgehead atoms. The first-order valence-corrected chi connectivity index (χ1v) is 5.60. The molecule has 1 atom stereocenters. The van der Waals surface area contributed by atoms with E-state index in [-0.39, 0.29) is 18.6 Å². The number of hydrogen-bond acceptors (Lipinski definition) is 5. The standard InChI is InChI=1S/C12H20O5/c1-5-7-12(9(2)13,11(15)17-4)8-6-10(14)16-3/h5-8H2,1-4H3. The lowest BCUT2D eigenvalue weighted by Gasteiger charge is -2.27. The molecule has 0 saturated heterocycles. The number of methoxy groups -OCH3 is 2. The Hall–Kier alpha value is -1.39. The van der Waals surface area contributed by atoms with E-state index in [0.717, 1.165) is 0 Å². The highest BCUT2D eigenvalue weighted by Crippen LogP contribution is 2.32. The van der Waals surface area contributed by atoms with Crippen LogP contribution >= 0.6 is 0 Å². The summed E-state index contributed by atoms with van der Waals surface area (Å²) in [5, 5.41) is 0. The van der Waals surface area contributed by atoms with Crippen molar-refractivity contribution in [3.05, 3.63) is 0 Å². The maximum atomic E-state index is 11.8. The van der Waals surface area contributed by atoms with E-state index in [1.165, 1.54) is 21.1 Å². The van der Waals surface area contributed by atoms with Crippen molar-refractivity contribution < 1.29 is 23.9 Å². The lowest BCUT2D eigenvalue weighted by Crippen LogP contribution is -2.39. The van der Waals surface area contributed by atoms with E-state index in [9.17, 15) is 14.4 Å². The highest BCUT2D eigenvalue weighted by Gasteiger charge is 2.43. The van der Waals surface area contributed by atoms with Crippen molar-refractivity contribution in [1.29, 1.82) is 0 Å². The van der Waals surface area contributed by atoms with Crippen molar-refractivity contribution in [2.75, 3.05) is 14.2 Å². The van der Waals surface area contributed by atoms with Crippen LogP contribution in [0.2, 0.25) is 0 Å². The van der Waals surface area contributed by atoms with Gasteiger partial charge in [-0.25, -0.2) is 0 Å². The first-order chi connectivity index (χ1) is 7.94. The molecule has 17 heavy (non-hydrogen) atoms. The quantitative estimate of drug-likeness (QED) is 0.501. The van der Waals surface area contributed by atoms with Crippen molar-refractivity contribution in [1.82, 2.24) is 0 Å². The normalized spacial score (nSPS) is 13.6. The van der Waals surface area contributed by atoms with Gasteiger partial charge in [-0.1, -0.05) is 13.3 Å². The molecule has 0 amide bonds. The van der Waals surface area contributed by atoms with Gasteiger partial charge in [-0.2, -0.15) is 0 Å². The van der Waals surface area contributed by atoms with Gasteiger partial charge in [0.2, 0.25) is 0 Å². The lowest BCUT2D eigenvalue weighted by atomic mass is 9.76. The van der Waals surface area contributed by atoms with Crippen LogP contribution in [0.15, 0.2) is 0 Å². The molecule has 0 rings (SSSR count). The van der Waals surface area contributed by atoms with Gasteiger partial charge in [0.1, 0.15) is 11.2 Å². The zero-order valence-electron chi connectivity index (χ0n) is 10.9. The molecule has 1 unspecified atom stereocenters. The summed E-state index contributed by atoms with van der Waals surface area (Å²) in [4.78, 5) is 34.6. The summed E-state index contributed by atoms with van der Waals surface area (Å²) in [5.41, 5.74) is -1.21. The highest BCUT2D eigenvalue weighted by atomic mass is 16.5. The largest absolute Gasteiger partial charge is 0.469 e. The van der Waals surface area contributed by atoms with E-state index in [0.29, 0.717) is 12.8 Å². The number of ketones is 1.